The second-order valence-corrected chi connectivity index (χ2v) is 5.47. The molecule has 5 nitrogen and oxygen atoms in total. The van der Waals surface area contributed by atoms with E-state index in [0.29, 0.717) is 28.6 Å². The fraction of sp³-hybridized carbons (Fsp3) is 0.222. The van der Waals surface area contributed by atoms with Gasteiger partial charge in [-0.2, -0.15) is 0 Å². The summed E-state index contributed by atoms with van der Waals surface area (Å²) in [7, 11) is 0. The van der Waals surface area contributed by atoms with Crippen molar-refractivity contribution < 1.29 is 14.4 Å². The minimum atomic E-state index is -0.285. The van der Waals surface area contributed by atoms with E-state index in [1.54, 1.807) is 18.2 Å². The van der Waals surface area contributed by atoms with Crippen molar-refractivity contribution in [3.63, 3.8) is 0 Å². The molecule has 2 aromatic rings. The van der Waals surface area contributed by atoms with E-state index in [1.165, 1.54) is 6.21 Å². The summed E-state index contributed by atoms with van der Waals surface area (Å²) in [6, 6.07) is 12.7. The number of rotatable bonds is 7. The van der Waals surface area contributed by atoms with Gasteiger partial charge in [-0.25, -0.2) is 0 Å². The predicted molar refractivity (Wildman–Crippen MR) is 96.0 cm³/mol. The van der Waals surface area contributed by atoms with Crippen LogP contribution in [0.25, 0.3) is 0 Å². The molecule has 0 aromatic heterocycles. The van der Waals surface area contributed by atoms with Crippen LogP contribution in [0, 0.1) is 6.92 Å². The smallest absolute Gasteiger partial charge is 0.265 e. The average molecular weight is 347 g/mol. The monoisotopic (exact) mass is 346 g/mol. The van der Waals surface area contributed by atoms with Crippen molar-refractivity contribution in [1.29, 1.82) is 0 Å². The number of carbonyl (C=O) groups is 1. The van der Waals surface area contributed by atoms with Gasteiger partial charge in [-0.15, -0.1) is 0 Å². The Balaban J connectivity index is 1.87. The van der Waals surface area contributed by atoms with Gasteiger partial charge in [0.2, 0.25) is 0 Å². The van der Waals surface area contributed by atoms with Crippen LogP contribution in [-0.4, -0.2) is 25.3 Å². The van der Waals surface area contributed by atoms with Crippen molar-refractivity contribution in [3.8, 4) is 5.75 Å². The van der Waals surface area contributed by atoms with Gasteiger partial charge in [0, 0.05) is 16.3 Å². The maximum absolute atomic E-state index is 11.8. The van der Waals surface area contributed by atoms with Crippen LogP contribution in [0.3, 0.4) is 0 Å². The first-order chi connectivity index (χ1) is 11.6. The number of nitrogens with zero attached hydrogens (tertiary/aromatic N) is 1. The number of hydrogen-bond donors (Lipinski definition) is 1. The molecule has 0 saturated carbocycles. The highest BCUT2D eigenvalue weighted by atomic mass is 35.5. The van der Waals surface area contributed by atoms with E-state index < -0.39 is 0 Å². The van der Waals surface area contributed by atoms with Gasteiger partial charge in [0.05, 0.1) is 12.8 Å². The SMILES string of the molecule is CCOc1ccc(Cl)cc1/C=N/OCC(=O)Nc1ccc(C)cc1. The minimum Gasteiger partial charge on any atom is -0.493 e. The number of oxime groups is 1. The van der Waals surface area contributed by atoms with Crippen LogP contribution < -0.4 is 10.1 Å². The number of ether oxygens (including phenoxy) is 1. The maximum Gasteiger partial charge on any atom is 0.265 e. The lowest BCUT2D eigenvalue weighted by Crippen LogP contribution is -2.16. The molecule has 0 bridgehead atoms. The Bertz CT molecular complexity index is 715. The predicted octanol–water partition coefficient (Wildman–Crippen LogP) is 4.04. The number of hydrogen-bond acceptors (Lipinski definition) is 4. The molecule has 0 aliphatic carbocycles. The van der Waals surface area contributed by atoms with Gasteiger partial charge in [0.25, 0.3) is 5.91 Å². The third-order valence-electron chi connectivity index (χ3n) is 3.07. The van der Waals surface area contributed by atoms with E-state index >= 15 is 0 Å². The van der Waals surface area contributed by atoms with E-state index in [9.17, 15) is 4.79 Å². The van der Waals surface area contributed by atoms with E-state index in [1.807, 2.05) is 38.1 Å². The van der Waals surface area contributed by atoms with E-state index in [0.717, 1.165) is 5.56 Å². The quantitative estimate of drug-likeness (QED) is 0.608. The molecule has 0 radical (unpaired) electrons. The molecule has 0 unspecified atom stereocenters. The molecule has 0 atom stereocenters. The molecule has 1 amide bonds. The lowest BCUT2D eigenvalue weighted by Gasteiger charge is -2.07. The van der Waals surface area contributed by atoms with Gasteiger partial charge in [0.1, 0.15) is 5.75 Å². The van der Waals surface area contributed by atoms with Crippen molar-refractivity contribution in [3.05, 3.63) is 58.6 Å². The number of amides is 1. The van der Waals surface area contributed by atoms with E-state index in [2.05, 4.69) is 10.5 Å². The Morgan fingerprint density at radius 1 is 1.25 bits per heavy atom. The van der Waals surface area contributed by atoms with Crippen LogP contribution >= 0.6 is 11.6 Å². The fourth-order valence-corrected chi connectivity index (χ4v) is 2.11. The molecule has 1 N–H and O–H groups in total. The third-order valence-corrected chi connectivity index (χ3v) is 3.30. The molecular weight excluding hydrogens is 328 g/mol. The summed E-state index contributed by atoms with van der Waals surface area (Å²) in [5, 5.41) is 7.09. The zero-order valence-corrected chi connectivity index (χ0v) is 14.3. The highest BCUT2D eigenvalue weighted by Crippen LogP contribution is 2.21. The van der Waals surface area contributed by atoms with Gasteiger partial charge in [-0.1, -0.05) is 34.5 Å². The summed E-state index contributed by atoms with van der Waals surface area (Å²) in [4.78, 5) is 16.8. The lowest BCUT2D eigenvalue weighted by atomic mass is 10.2. The maximum atomic E-state index is 11.8. The molecule has 0 aliphatic rings. The summed E-state index contributed by atoms with van der Waals surface area (Å²) in [5.74, 6) is 0.366. The van der Waals surface area contributed by atoms with Gasteiger partial charge in [-0.3, -0.25) is 4.79 Å². The molecule has 0 saturated heterocycles. The minimum absolute atomic E-state index is 0.186. The first-order valence-corrected chi connectivity index (χ1v) is 7.90. The first-order valence-electron chi connectivity index (χ1n) is 7.52. The molecule has 0 fully saturated rings. The van der Waals surface area contributed by atoms with Crippen LogP contribution in [-0.2, 0) is 9.63 Å². The number of benzene rings is 2. The normalized spacial score (nSPS) is 10.6. The van der Waals surface area contributed by atoms with Crippen molar-refractivity contribution >= 4 is 29.4 Å². The second-order valence-electron chi connectivity index (χ2n) is 5.04. The summed E-state index contributed by atoms with van der Waals surface area (Å²) >= 11 is 5.96. The fourth-order valence-electron chi connectivity index (χ4n) is 1.93. The molecule has 6 heteroatoms. The number of anilines is 1. The van der Waals surface area contributed by atoms with Gasteiger partial charge >= 0.3 is 0 Å². The molecule has 2 aromatic carbocycles. The van der Waals surface area contributed by atoms with Crippen molar-refractivity contribution in [2.75, 3.05) is 18.5 Å². The molecule has 2 rings (SSSR count). The molecule has 0 spiro atoms. The molecule has 126 valence electrons. The Labute approximate surface area is 146 Å². The third kappa shape index (κ3) is 5.59. The van der Waals surface area contributed by atoms with Gasteiger partial charge in [0.15, 0.2) is 6.61 Å². The second kappa shape index (κ2) is 8.93. The number of aryl methyl sites for hydroxylation is 1. The van der Waals surface area contributed by atoms with Crippen LogP contribution in [0.1, 0.15) is 18.1 Å². The van der Waals surface area contributed by atoms with Crippen molar-refractivity contribution in [1.82, 2.24) is 0 Å². The van der Waals surface area contributed by atoms with Crippen LogP contribution in [0.4, 0.5) is 5.69 Å². The Hall–Kier alpha value is -2.53. The standard InChI is InChI=1S/C18H19ClN2O3/c1-3-23-17-9-6-15(19)10-14(17)11-20-24-12-18(22)21-16-7-4-13(2)5-8-16/h4-11H,3,12H2,1-2H3,(H,21,22)/b20-11+. The summed E-state index contributed by atoms with van der Waals surface area (Å²) in [6.45, 7) is 4.22. The molecule has 0 aliphatic heterocycles. The Kier molecular flexibility index (Phi) is 6.63. The van der Waals surface area contributed by atoms with Crippen molar-refractivity contribution in [2.45, 2.75) is 13.8 Å². The zero-order chi connectivity index (χ0) is 17.4. The average Bonchev–Trinajstić information content (AvgIpc) is 2.56. The van der Waals surface area contributed by atoms with Gasteiger partial charge < -0.3 is 14.9 Å². The Morgan fingerprint density at radius 2 is 2.00 bits per heavy atom. The largest absolute Gasteiger partial charge is 0.493 e. The number of nitrogens with one attached hydrogen (secondary N) is 1. The zero-order valence-electron chi connectivity index (χ0n) is 13.6. The summed E-state index contributed by atoms with van der Waals surface area (Å²) in [5.41, 5.74) is 2.52. The Morgan fingerprint density at radius 3 is 2.71 bits per heavy atom. The molecule has 24 heavy (non-hydrogen) atoms. The van der Waals surface area contributed by atoms with Crippen LogP contribution in [0.2, 0.25) is 5.02 Å². The number of halogens is 1. The number of carbonyl (C=O) groups excluding carboxylic acids is 1. The van der Waals surface area contributed by atoms with Crippen LogP contribution in [0.15, 0.2) is 47.6 Å². The topological polar surface area (TPSA) is 59.9 Å². The first kappa shape index (κ1) is 17.8. The molecular formula is C18H19ClN2O3. The van der Waals surface area contributed by atoms with E-state index in [-0.39, 0.29) is 12.5 Å². The lowest BCUT2D eigenvalue weighted by molar-refractivity contribution is -0.120. The van der Waals surface area contributed by atoms with Gasteiger partial charge in [-0.05, 0) is 44.2 Å². The molecule has 0 heterocycles. The summed E-state index contributed by atoms with van der Waals surface area (Å²) < 4.78 is 5.47. The summed E-state index contributed by atoms with van der Waals surface area (Å²) in [6.07, 6.45) is 1.47. The van der Waals surface area contributed by atoms with E-state index in [4.69, 9.17) is 21.2 Å². The highest BCUT2D eigenvalue weighted by molar-refractivity contribution is 6.30. The highest BCUT2D eigenvalue weighted by Gasteiger charge is 2.04. The van der Waals surface area contributed by atoms with Crippen LogP contribution in [0.5, 0.6) is 5.75 Å². The van der Waals surface area contributed by atoms with Crippen molar-refractivity contribution in [2.24, 2.45) is 5.16 Å².